The van der Waals surface area contributed by atoms with Gasteiger partial charge in [0.15, 0.2) is 4.67 Å². The van der Waals surface area contributed by atoms with E-state index in [2.05, 4.69) is 32.2 Å². The van der Waals surface area contributed by atoms with Crippen molar-refractivity contribution in [3.63, 3.8) is 0 Å². The zero-order chi connectivity index (χ0) is 11.0. The molecule has 16 heavy (non-hydrogen) atoms. The van der Waals surface area contributed by atoms with Gasteiger partial charge in [-0.25, -0.2) is 0 Å². The average molecular weight is 285 g/mol. The van der Waals surface area contributed by atoms with Crippen LogP contribution in [-0.4, -0.2) is 31.1 Å². The quantitative estimate of drug-likeness (QED) is 0.903. The third-order valence-corrected chi connectivity index (χ3v) is 4.28. The van der Waals surface area contributed by atoms with E-state index in [4.69, 9.17) is 4.42 Å². The second-order valence-corrected chi connectivity index (χ2v) is 5.87. The third-order valence-electron chi connectivity index (χ3n) is 3.86. The topological polar surface area (TPSA) is 28.4 Å². The molecule has 1 aromatic rings. The summed E-state index contributed by atoms with van der Waals surface area (Å²) in [6.07, 6.45) is 2.67. The van der Waals surface area contributed by atoms with Crippen molar-refractivity contribution >= 4 is 15.9 Å². The van der Waals surface area contributed by atoms with Crippen LogP contribution >= 0.6 is 15.9 Å². The molecule has 1 aromatic heterocycles. The van der Waals surface area contributed by atoms with Crippen LogP contribution in [0.1, 0.15) is 18.6 Å². The summed E-state index contributed by atoms with van der Waals surface area (Å²) >= 11 is 3.35. The molecule has 88 valence electrons. The first kappa shape index (κ1) is 10.8. The molecule has 2 fully saturated rings. The molecule has 0 bridgehead atoms. The number of likely N-dealkylation sites (tertiary alicyclic amines) is 1. The van der Waals surface area contributed by atoms with Gasteiger partial charge >= 0.3 is 0 Å². The van der Waals surface area contributed by atoms with Gasteiger partial charge in [0.25, 0.3) is 0 Å². The lowest BCUT2D eigenvalue weighted by Gasteiger charge is -2.22. The SMILES string of the molecule is Brc1ccc(CN2CCC3(CCNC3)C2)o1. The van der Waals surface area contributed by atoms with E-state index in [1.165, 1.54) is 39.0 Å². The van der Waals surface area contributed by atoms with Crippen LogP contribution in [0.3, 0.4) is 0 Å². The Morgan fingerprint density at radius 2 is 2.38 bits per heavy atom. The van der Waals surface area contributed by atoms with Crippen LogP contribution in [0.5, 0.6) is 0 Å². The highest BCUT2D eigenvalue weighted by Gasteiger charge is 2.40. The van der Waals surface area contributed by atoms with Crippen LogP contribution in [-0.2, 0) is 6.54 Å². The van der Waals surface area contributed by atoms with E-state index in [0.717, 1.165) is 17.0 Å². The van der Waals surface area contributed by atoms with Crippen molar-refractivity contribution in [2.75, 3.05) is 26.2 Å². The molecule has 2 saturated heterocycles. The van der Waals surface area contributed by atoms with Gasteiger partial charge in [-0.05, 0) is 59.4 Å². The Kier molecular flexibility index (Phi) is 2.81. The number of hydrogen-bond acceptors (Lipinski definition) is 3. The van der Waals surface area contributed by atoms with Crippen molar-refractivity contribution in [2.45, 2.75) is 19.4 Å². The number of nitrogens with one attached hydrogen (secondary N) is 1. The molecule has 0 aliphatic carbocycles. The number of furan rings is 1. The number of nitrogens with zero attached hydrogens (tertiary/aromatic N) is 1. The summed E-state index contributed by atoms with van der Waals surface area (Å²) in [7, 11) is 0. The van der Waals surface area contributed by atoms with E-state index in [9.17, 15) is 0 Å². The van der Waals surface area contributed by atoms with Crippen molar-refractivity contribution in [3.8, 4) is 0 Å². The minimum Gasteiger partial charge on any atom is -0.453 e. The van der Waals surface area contributed by atoms with Gasteiger partial charge in [0.1, 0.15) is 5.76 Å². The maximum atomic E-state index is 5.56. The van der Waals surface area contributed by atoms with E-state index in [1.807, 2.05) is 6.07 Å². The van der Waals surface area contributed by atoms with E-state index in [-0.39, 0.29) is 0 Å². The zero-order valence-corrected chi connectivity index (χ0v) is 10.9. The normalized spacial score (nSPS) is 30.6. The van der Waals surface area contributed by atoms with Crippen LogP contribution in [0.15, 0.2) is 21.2 Å². The van der Waals surface area contributed by atoms with Crippen molar-refractivity contribution in [2.24, 2.45) is 5.41 Å². The molecule has 1 spiro atoms. The first-order valence-electron chi connectivity index (χ1n) is 5.93. The molecule has 3 heterocycles. The van der Waals surface area contributed by atoms with E-state index < -0.39 is 0 Å². The largest absolute Gasteiger partial charge is 0.453 e. The number of halogens is 1. The molecule has 0 saturated carbocycles. The van der Waals surface area contributed by atoms with Crippen molar-refractivity contribution in [1.82, 2.24) is 10.2 Å². The third kappa shape index (κ3) is 2.06. The molecule has 3 nitrogen and oxygen atoms in total. The molecule has 1 N–H and O–H groups in total. The monoisotopic (exact) mass is 284 g/mol. The van der Waals surface area contributed by atoms with Crippen LogP contribution < -0.4 is 5.32 Å². The zero-order valence-electron chi connectivity index (χ0n) is 9.34. The lowest BCUT2D eigenvalue weighted by Crippen LogP contribution is -2.28. The molecule has 2 aliphatic rings. The van der Waals surface area contributed by atoms with Crippen LogP contribution in [0, 0.1) is 5.41 Å². The molecule has 0 aromatic carbocycles. The molecule has 2 aliphatic heterocycles. The fourth-order valence-corrected chi connectivity index (χ4v) is 3.30. The van der Waals surface area contributed by atoms with Gasteiger partial charge in [-0.15, -0.1) is 0 Å². The maximum absolute atomic E-state index is 5.56. The predicted octanol–water partition coefficient (Wildman–Crippen LogP) is 2.23. The first-order chi connectivity index (χ1) is 7.76. The molecule has 0 radical (unpaired) electrons. The Morgan fingerprint density at radius 3 is 3.06 bits per heavy atom. The van der Waals surface area contributed by atoms with Gasteiger partial charge in [-0.2, -0.15) is 0 Å². The lowest BCUT2D eigenvalue weighted by molar-refractivity contribution is 0.250. The Morgan fingerprint density at radius 1 is 1.44 bits per heavy atom. The number of hydrogen-bond donors (Lipinski definition) is 1. The Balaban J connectivity index is 1.61. The smallest absolute Gasteiger partial charge is 0.169 e. The Bertz CT molecular complexity index is 371. The van der Waals surface area contributed by atoms with E-state index in [0.29, 0.717) is 5.41 Å². The molecule has 1 atom stereocenters. The van der Waals surface area contributed by atoms with Crippen molar-refractivity contribution < 1.29 is 4.42 Å². The summed E-state index contributed by atoms with van der Waals surface area (Å²) in [5.74, 6) is 1.06. The van der Waals surface area contributed by atoms with Crippen LogP contribution in [0.4, 0.5) is 0 Å². The van der Waals surface area contributed by atoms with Gasteiger partial charge in [0.05, 0.1) is 6.54 Å². The van der Waals surface area contributed by atoms with Crippen LogP contribution in [0.2, 0.25) is 0 Å². The molecule has 0 amide bonds. The second-order valence-electron chi connectivity index (χ2n) is 5.09. The van der Waals surface area contributed by atoms with Crippen molar-refractivity contribution in [3.05, 3.63) is 22.6 Å². The minimum absolute atomic E-state index is 0.559. The van der Waals surface area contributed by atoms with E-state index >= 15 is 0 Å². The molecule has 1 unspecified atom stereocenters. The van der Waals surface area contributed by atoms with Crippen LogP contribution in [0.25, 0.3) is 0 Å². The average Bonchev–Trinajstić information content (AvgIpc) is 2.94. The molecule has 4 heteroatoms. The summed E-state index contributed by atoms with van der Waals surface area (Å²) in [6.45, 7) is 5.77. The first-order valence-corrected chi connectivity index (χ1v) is 6.72. The Hall–Kier alpha value is -0.320. The summed E-state index contributed by atoms with van der Waals surface area (Å²) in [5, 5.41) is 3.49. The maximum Gasteiger partial charge on any atom is 0.169 e. The fraction of sp³-hybridized carbons (Fsp3) is 0.667. The lowest BCUT2D eigenvalue weighted by atomic mass is 9.87. The van der Waals surface area contributed by atoms with Gasteiger partial charge < -0.3 is 9.73 Å². The minimum atomic E-state index is 0.559. The molecule has 3 rings (SSSR count). The van der Waals surface area contributed by atoms with Gasteiger partial charge in [0.2, 0.25) is 0 Å². The predicted molar refractivity (Wildman–Crippen MR) is 66.2 cm³/mol. The summed E-state index contributed by atoms with van der Waals surface area (Å²) in [6, 6.07) is 4.03. The second kappa shape index (κ2) is 4.17. The number of rotatable bonds is 2. The van der Waals surface area contributed by atoms with Gasteiger partial charge in [0, 0.05) is 13.1 Å². The van der Waals surface area contributed by atoms with Gasteiger partial charge in [-0.3, -0.25) is 4.90 Å². The van der Waals surface area contributed by atoms with E-state index in [1.54, 1.807) is 0 Å². The Labute approximate surface area is 104 Å². The highest BCUT2D eigenvalue weighted by Crippen LogP contribution is 2.36. The molecular formula is C12H17BrN2O. The summed E-state index contributed by atoms with van der Waals surface area (Å²) < 4.78 is 6.39. The van der Waals surface area contributed by atoms with Crippen molar-refractivity contribution in [1.29, 1.82) is 0 Å². The summed E-state index contributed by atoms with van der Waals surface area (Å²) in [5.41, 5.74) is 0.559. The highest BCUT2D eigenvalue weighted by molar-refractivity contribution is 9.10. The van der Waals surface area contributed by atoms with Gasteiger partial charge in [-0.1, -0.05) is 0 Å². The highest BCUT2D eigenvalue weighted by atomic mass is 79.9. The standard InChI is InChI=1S/C12H17BrN2O/c13-11-2-1-10(16-11)7-15-6-4-12(9-15)3-5-14-8-12/h1-2,14H,3-9H2. The molecular weight excluding hydrogens is 268 g/mol. The fourth-order valence-electron chi connectivity index (χ4n) is 2.96. The summed E-state index contributed by atoms with van der Waals surface area (Å²) in [4.78, 5) is 2.51.